The van der Waals surface area contributed by atoms with E-state index in [2.05, 4.69) is 19.2 Å². The average Bonchev–Trinajstić information content (AvgIpc) is 2.65. The molecule has 0 saturated heterocycles. The summed E-state index contributed by atoms with van der Waals surface area (Å²) in [6, 6.07) is 0.399. The number of carbonyl (C=O) groups is 1. The van der Waals surface area contributed by atoms with Gasteiger partial charge in [0.1, 0.15) is 0 Å². The van der Waals surface area contributed by atoms with Gasteiger partial charge in [-0.05, 0) is 32.1 Å². The van der Waals surface area contributed by atoms with Crippen molar-refractivity contribution < 1.29 is 4.79 Å². The normalized spacial score (nSPS) is 26.7. The van der Waals surface area contributed by atoms with Crippen LogP contribution >= 0.6 is 0 Å². The molecular weight excluding hydrogens is 200 g/mol. The topological polar surface area (TPSA) is 55.1 Å². The zero-order valence-corrected chi connectivity index (χ0v) is 10.7. The molecule has 1 amide bonds. The van der Waals surface area contributed by atoms with Crippen molar-refractivity contribution in [1.29, 1.82) is 0 Å². The minimum atomic E-state index is 0.174. The second-order valence-electron chi connectivity index (χ2n) is 4.96. The van der Waals surface area contributed by atoms with Crippen molar-refractivity contribution in [2.24, 2.45) is 11.7 Å². The van der Waals surface area contributed by atoms with E-state index in [9.17, 15) is 4.79 Å². The predicted molar refractivity (Wildman–Crippen MR) is 67.1 cm³/mol. The van der Waals surface area contributed by atoms with Gasteiger partial charge in [-0.1, -0.05) is 26.7 Å². The molecule has 0 aromatic heterocycles. The Morgan fingerprint density at radius 3 is 2.69 bits per heavy atom. The molecule has 94 valence electrons. The van der Waals surface area contributed by atoms with Gasteiger partial charge in [0.2, 0.25) is 5.91 Å². The summed E-state index contributed by atoms with van der Waals surface area (Å²) in [4.78, 5) is 12.0. The molecule has 0 aromatic rings. The number of nitrogens with two attached hydrogens (primary N) is 1. The quantitative estimate of drug-likeness (QED) is 0.729. The highest BCUT2D eigenvalue weighted by Gasteiger charge is 2.27. The lowest BCUT2D eigenvalue weighted by molar-refractivity contribution is -0.126. The lowest BCUT2D eigenvalue weighted by Gasteiger charge is -2.21. The van der Waals surface area contributed by atoms with Crippen molar-refractivity contribution in [3.05, 3.63) is 0 Å². The van der Waals surface area contributed by atoms with Crippen LogP contribution in [0, 0.1) is 5.92 Å². The summed E-state index contributed by atoms with van der Waals surface area (Å²) in [6.45, 7) is 4.26. The molecule has 0 heterocycles. The minimum absolute atomic E-state index is 0.174. The van der Waals surface area contributed by atoms with Gasteiger partial charge in [0.15, 0.2) is 0 Å². The fourth-order valence-corrected chi connectivity index (χ4v) is 2.44. The standard InChI is InChI=1S/C13H26N2O/c1-3-5-7-10(4-2)13(16)15-12-9-6-8-11(12)14/h10-12H,3-9,14H2,1-2H3,(H,15,16). The number of carbonyl (C=O) groups excluding carboxylic acids is 1. The first-order valence-electron chi connectivity index (χ1n) is 6.75. The highest BCUT2D eigenvalue weighted by molar-refractivity contribution is 5.79. The summed E-state index contributed by atoms with van der Waals surface area (Å²) in [6.07, 6.45) is 7.51. The van der Waals surface area contributed by atoms with Crippen LogP contribution in [-0.2, 0) is 4.79 Å². The first-order valence-corrected chi connectivity index (χ1v) is 6.75. The molecule has 0 radical (unpaired) electrons. The number of hydrogen-bond acceptors (Lipinski definition) is 2. The van der Waals surface area contributed by atoms with Crippen LogP contribution in [0.2, 0.25) is 0 Å². The Kier molecular flexibility index (Phi) is 5.81. The van der Waals surface area contributed by atoms with E-state index in [1.54, 1.807) is 0 Å². The van der Waals surface area contributed by atoms with E-state index in [4.69, 9.17) is 5.73 Å². The number of unbranched alkanes of at least 4 members (excludes halogenated alkanes) is 1. The Morgan fingerprint density at radius 1 is 1.44 bits per heavy atom. The van der Waals surface area contributed by atoms with Gasteiger partial charge >= 0.3 is 0 Å². The third-order valence-electron chi connectivity index (χ3n) is 3.67. The Hall–Kier alpha value is -0.570. The molecule has 1 saturated carbocycles. The van der Waals surface area contributed by atoms with E-state index in [1.165, 1.54) is 0 Å². The molecule has 16 heavy (non-hydrogen) atoms. The van der Waals surface area contributed by atoms with Crippen molar-refractivity contribution in [2.75, 3.05) is 0 Å². The van der Waals surface area contributed by atoms with E-state index < -0.39 is 0 Å². The zero-order valence-electron chi connectivity index (χ0n) is 10.7. The molecule has 3 N–H and O–H groups in total. The highest BCUT2D eigenvalue weighted by Crippen LogP contribution is 2.19. The molecule has 0 aliphatic heterocycles. The molecule has 1 aliphatic rings. The lowest BCUT2D eigenvalue weighted by atomic mass is 9.98. The lowest BCUT2D eigenvalue weighted by Crippen LogP contribution is -2.46. The summed E-state index contributed by atoms with van der Waals surface area (Å²) in [5.74, 6) is 0.408. The second kappa shape index (κ2) is 6.89. The summed E-state index contributed by atoms with van der Waals surface area (Å²) < 4.78 is 0. The third kappa shape index (κ3) is 3.78. The molecule has 1 aliphatic carbocycles. The van der Waals surface area contributed by atoms with Gasteiger partial charge in [-0.15, -0.1) is 0 Å². The van der Waals surface area contributed by atoms with Crippen LogP contribution in [0.1, 0.15) is 58.8 Å². The van der Waals surface area contributed by atoms with Crippen molar-refractivity contribution in [2.45, 2.75) is 70.9 Å². The highest BCUT2D eigenvalue weighted by atomic mass is 16.1. The largest absolute Gasteiger partial charge is 0.352 e. The first kappa shape index (κ1) is 13.5. The fraction of sp³-hybridized carbons (Fsp3) is 0.923. The summed E-state index contributed by atoms with van der Waals surface area (Å²) >= 11 is 0. The number of amides is 1. The maximum absolute atomic E-state index is 12.0. The molecule has 3 heteroatoms. The fourth-order valence-electron chi connectivity index (χ4n) is 2.44. The maximum atomic E-state index is 12.0. The molecule has 0 bridgehead atoms. The molecule has 3 atom stereocenters. The van der Waals surface area contributed by atoms with Gasteiger partial charge in [-0.3, -0.25) is 4.79 Å². The molecule has 3 unspecified atom stereocenters. The number of nitrogens with one attached hydrogen (secondary N) is 1. The monoisotopic (exact) mass is 226 g/mol. The number of rotatable bonds is 6. The van der Waals surface area contributed by atoms with Crippen molar-refractivity contribution in [1.82, 2.24) is 5.32 Å². The SMILES string of the molecule is CCCCC(CC)C(=O)NC1CCCC1N. The van der Waals surface area contributed by atoms with Crippen molar-refractivity contribution >= 4 is 5.91 Å². The van der Waals surface area contributed by atoms with E-state index in [-0.39, 0.29) is 23.9 Å². The van der Waals surface area contributed by atoms with Gasteiger partial charge < -0.3 is 11.1 Å². The Balaban J connectivity index is 2.36. The van der Waals surface area contributed by atoms with E-state index >= 15 is 0 Å². The van der Waals surface area contributed by atoms with Crippen LogP contribution in [-0.4, -0.2) is 18.0 Å². The van der Waals surface area contributed by atoms with Gasteiger partial charge in [-0.25, -0.2) is 0 Å². The van der Waals surface area contributed by atoms with E-state index in [0.717, 1.165) is 44.9 Å². The number of hydrogen-bond donors (Lipinski definition) is 2. The Morgan fingerprint density at radius 2 is 2.19 bits per heavy atom. The molecule has 0 spiro atoms. The molecular formula is C13H26N2O. The van der Waals surface area contributed by atoms with E-state index in [0.29, 0.717) is 0 Å². The van der Waals surface area contributed by atoms with Crippen LogP contribution in [0.5, 0.6) is 0 Å². The smallest absolute Gasteiger partial charge is 0.223 e. The molecule has 1 fully saturated rings. The second-order valence-corrected chi connectivity index (χ2v) is 4.96. The third-order valence-corrected chi connectivity index (χ3v) is 3.67. The minimum Gasteiger partial charge on any atom is -0.352 e. The zero-order chi connectivity index (χ0) is 12.0. The van der Waals surface area contributed by atoms with Crippen molar-refractivity contribution in [3.63, 3.8) is 0 Å². The molecule has 0 aromatic carbocycles. The average molecular weight is 226 g/mol. The summed E-state index contributed by atoms with van der Waals surface area (Å²) in [5, 5.41) is 3.12. The maximum Gasteiger partial charge on any atom is 0.223 e. The van der Waals surface area contributed by atoms with Gasteiger partial charge in [0.05, 0.1) is 0 Å². The van der Waals surface area contributed by atoms with Crippen molar-refractivity contribution in [3.8, 4) is 0 Å². The van der Waals surface area contributed by atoms with Crippen LogP contribution in [0.3, 0.4) is 0 Å². The molecule has 1 rings (SSSR count). The van der Waals surface area contributed by atoms with Crippen LogP contribution in [0.4, 0.5) is 0 Å². The first-order chi connectivity index (χ1) is 7.69. The van der Waals surface area contributed by atoms with E-state index in [1.807, 2.05) is 0 Å². The summed E-state index contributed by atoms with van der Waals surface area (Å²) in [5.41, 5.74) is 5.95. The van der Waals surface area contributed by atoms with Gasteiger partial charge in [0.25, 0.3) is 0 Å². The Labute approximate surface area is 99.2 Å². The summed E-state index contributed by atoms with van der Waals surface area (Å²) in [7, 11) is 0. The molecule has 3 nitrogen and oxygen atoms in total. The van der Waals surface area contributed by atoms with Crippen LogP contribution < -0.4 is 11.1 Å². The van der Waals surface area contributed by atoms with Gasteiger partial charge in [0, 0.05) is 18.0 Å². The van der Waals surface area contributed by atoms with Gasteiger partial charge in [-0.2, -0.15) is 0 Å². The van der Waals surface area contributed by atoms with Crippen LogP contribution in [0.25, 0.3) is 0 Å². The predicted octanol–water partition coefficient (Wildman–Crippen LogP) is 2.20. The van der Waals surface area contributed by atoms with Crippen LogP contribution in [0.15, 0.2) is 0 Å². The Bertz CT molecular complexity index is 218.